The van der Waals surface area contributed by atoms with Crippen molar-refractivity contribution in [2.45, 2.75) is 0 Å². The van der Waals surface area contributed by atoms with E-state index in [-0.39, 0.29) is 12.3 Å². The SMILES string of the molecule is CN(CC(=O)OCC(=O)NC(=O)c1ccco1)c1ncccn1. The first-order valence-corrected chi connectivity index (χ1v) is 6.57. The zero-order valence-corrected chi connectivity index (χ0v) is 12.3. The number of furan rings is 1. The van der Waals surface area contributed by atoms with E-state index in [0.29, 0.717) is 5.95 Å². The van der Waals surface area contributed by atoms with Crippen LogP contribution >= 0.6 is 0 Å². The number of hydrogen-bond donors (Lipinski definition) is 1. The van der Waals surface area contributed by atoms with Gasteiger partial charge in [0.1, 0.15) is 6.54 Å². The van der Waals surface area contributed by atoms with Gasteiger partial charge in [0, 0.05) is 19.4 Å². The van der Waals surface area contributed by atoms with Crippen LogP contribution in [-0.2, 0) is 14.3 Å². The maximum atomic E-state index is 11.6. The zero-order valence-electron chi connectivity index (χ0n) is 12.3. The summed E-state index contributed by atoms with van der Waals surface area (Å²) in [4.78, 5) is 44.1. The van der Waals surface area contributed by atoms with Gasteiger partial charge in [-0.25, -0.2) is 9.97 Å². The lowest BCUT2D eigenvalue weighted by molar-refractivity contribution is -0.146. The van der Waals surface area contributed by atoms with Crippen molar-refractivity contribution < 1.29 is 23.5 Å². The lowest BCUT2D eigenvalue weighted by Crippen LogP contribution is -2.35. The van der Waals surface area contributed by atoms with E-state index in [2.05, 4.69) is 9.97 Å². The number of ether oxygens (including phenoxy) is 1. The molecule has 2 heterocycles. The number of nitrogens with zero attached hydrogens (tertiary/aromatic N) is 3. The van der Waals surface area contributed by atoms with Gasteiger partial charge in [0.15, 0.2) is 12.4 Å². The first kappa shape index (κ1) is 16.1. The number of amides is 2. The van der Waals surface area contributed by atoms with Gasteiger partial charge in [-0.15, -0.1) is 0 Å². The summed E-state index contributed by atoms with van der Waals surface area (Å²) in [5.41, 5.74) is 0. The third-order valence-electron chi connectivity index (χ3n) is 2.62. The summed E-state index contributed by atoms with van der Waals surface area (Å²) in [7, 11) is 1.61. The number of carbonyl (C=O) groups excluding carboxylic acids is 3. The minimum atomic E-state index is -0.752. The first-order chi connectivity index (χ1) is 11.1. The molecule has 0 unspecified atom stereocenters. The molecule has 2 aromatic rings. The highest BCUT2D eigenvalue weighted by Crippen LogP contribution is 2.02. The zero-order chi connectivity index (χ0) is 16.7. The Labute approximate surface area is 131 Å². The summed E-state index contributed by atoms with van der Waals surface area (Å²) in [6, 6.07) is 4.57. The topological polar surface area (TPSA) is 115 Å². The Hall–Kier alpha value is -3.23. The molecule has 9 heteroatoms. The van der Waals surface area contributed by atoms with Crippen molar-refractivity contribution in [2.24, 2.45) is 0 Å². The van der Waals surface area contributed by atoms with Crippen LogP contribution in [0.3, 0.4) is 0 Å². The van der Waals surface area contributed by atoms with Crippen molar-refractivity contribution in [1.29, 1.82) is 0 Å². The Bertz CT molecular complexity index is 672. The summed E-state index contributed by atoms with van der Waals surface area (Å²) in [5.74, 6) is -1.77. The molecule has 1 N–H and O–H groups in total. The maximum Gasteiger partial charge on any atom is 0.326 e. The number of esters is 1. The molecule has 0 aromatic carbocycles. The number of aromatic nitrogens is 2. The third-order valence-corrected chi connectivity index (χ3v) is 2.62. The van der Waals surface area contributed by atoms with Crippen LogP contribution in [0.15, 0.2) is 41.3 Å². The smallest absolute Gasteiger partial charge is 0.326 e. The van der Waals surface area contributed by atoms with E-state index >= 15 is 0 Å². The maximum absolute atomic E-state index is 11.6. The van der Waals surface area contributed by atoms with E-state index in [9.17, 15) is 14.4 Å². The molecular formula is C14H14N4O5. The normalized spacial score (nSPS) is 9.96. The van der Waals surface area contributed by atoms with Gasteiger partial charge in [-0.2, -0.15) is 0 Å². The molecule has 2 aromatic heterocycles. The van der Waals surface area contributed by atoms with Crippen molar-refractivity contribution >= 4 is 23.7 Å². The highest BCUT2D eigenvalue weighted by Gasteiger charge is 2.15. The summed E-state index contributed by atoms with van der Waals surface area (Å²) < 4.78 is 9.61. The summed E-state index contributed by atoms with van der Waals surface area (Å²) >= 11 is 0. The van der Waals surface area contributed by atoms with Crippen LogP contribution in [0.5, 0.6) is 0 Å². The largest absolute Gasteiger partial charge is 0.459 e. The molecule has 0 radical (unpaired) electrons. The number of rotatable bonds is 6. The van der Waals surface area contributed by atoms with Crippen LogP contribution < -0.4 is 10.2 Å². The second-order valence-electron chi connectivity index (χ2n) is 4.42. The fourth-order valence-corrected chi connectivity index (χ4v) is 1.58. The van der Waals surface area contributed by atoms with E-state index in [4.69, 9.17) is 9.15 Å². The average molecular weight is 318 g/mol. The minimum absolute atomic E-state index is 0.00867. The molecule has 0 saturated carbocycles. The van der Waals surface area contributed by atoms with E-state index in [0.717, 1.165) is 0 Å². The Morgan fingerprint density at radius 2 is 2.00 bits per heavy atom. The Morgan fingerprint density at radius 3 is 2.65 bits per heavy atom. The molecule has 0 bridgehead atoms. The number of anilines is 1. The van der Waals surface area contributed by atoms with Crippen LogP contribution in [0.2, 0.25) is 0 Å². The molecule has 0 spiro atoms. The summed E-state index contributed by atoms with van der Waals surface area (Å²) in [6.07, 6.45) is 4.39. The van der Waals surface area contributed by atoms with Crippen molar-refractivity contribution in [3.05, 3.63) is 42.6 Å². The van der Waals surface area contributed by atoms with E-state index in [1.165, 1.54) is 35.7 Å². The first-order valence-electron chi connectivity index (χ1n) is 6.57. The fraction of sp³-hybridized carbons (Fsp3) is 0.214. The van der Waals surface area contributed by atoms with Crippen molar-refractivity contribution in [2.75, 3.05) is 25.1 Å². The fourth-order valence-electron chi connectivity index (χ4n) is 1.58. The van der Waals surface area contributed by atoms with Gasteiger partial charge in [-0.3, -0.25) is 19.7 Å². The quantitative estimate of drug-likeness (QED) is 0.740. The molecule has 9 nitrogen and oxygen atoms in total. The molecular weight excluding hydrogens is 304 g/mol. The van der Waals surface area contributed by atoms with Gasteiger partial charge in [-0.05, 0) is 18.2 Å². The third kappa shape index (κ3) is 4.92. The predicted octanol–water partition coefficient (Wildman–Crippen LogP) is 0.00560. The van der Waals surface area contributed by atoms with Crippen LogP contribution in [0.1, 0.15) is 10.6 Å². The number of carbonyl (C=O) groups is 3. The van der Waals surface area contributed by atoms with Gasteiger partial charge >= 0.3 is 5.97 Å². The molecule has 0 fully saturated rings. The molecule has 2 rings (SSSR count). The monoisotopic (exact) mass is 318 g/mol. The number of hydrogen-bond acceptors (Lipinski definition) is 8. The summed E-state index contributed by atoms with van der Waals surface area (Å²) in [6.45, 7) is -0.710. The molecule has 23 heavy (non-hydrogen) atoms. The molecule has 0 aliphatic rings. The minimum Gasteiger partial charge on any atom is -0.459 e. The molecule has 0 aliphatic heterocycles. The van der Waals surface area contributed by atoms with Crippen LogP contribution in [0, 0.1) is 0 Å². The Morgan fingerprint density at radius 1 is 1.26 bits per heavy atom. The molecule has 0 atom stereocenters. The second-order valence-corrected chi connectivity index (χ2v) is 4.42. The van der Waals surface area contributed by atoms with Crippen LogP contribution in [-0.4, -0.2) is 48.0 Å². The van der Waals surface area contributed by atoms with Crippen LogP contribution in [0.25, 0.3) is 0 Å². The predicted molar refractivity (Wildman–Crippen MR) is 77.4 cm³/mol. The van der Waals surface area contributed by atoms with Gasteiger partial charge < -0.3 is 14.1 Å². The molecule has 120 valence electrons. The molecule has 0 saturated heterocycles. The van der Waals surface area contributed by atoms with Crippen molar-refractivity contribution in [3.8, 4) is 0 Å². The Kier molecular flexibility index (Phi) is 5.40. The van der Waals surface area contributed by atoms with Gasteiger partial charge in [0.2, 0.25) is 5.95 Å². The highest BCUT2D eigenvalue weighted by atomic mass is 16.5. The average Bonchev–Trinajstić information content (AvgIpc) is 3.08. The second kappa shape index (κ2) is 7.69. The van der Waals surface area contributed by atoms with Gasteiger partial charge in [0.25, 0.3) is 11.8 Å². The van der Waals surface area contributed by atoms with Crippen LogP contribution in [0.4, 0.5) is 5.95 Å². The van der Waals surface area contributed by atoms with Crippen molar-refractivity contribution in [1.82, 2.24) is 15.3 Å². The molecule has 0 aliphatic carbocycles. The van der Waals surface area contributed by atoms with Gasteiger partial charge in [-0.1, -0.05) is 0 Å². The number of likely N-dealkylation sites (N-methyl/N-ethyl adjacent to an activating group) is 1. The van der Waals surface area contributed by atoms with Gasteiger partial charge in [0.05, 0.1) is 6.26 Å². The lowest BCUT2D eigenvalue weighted by Gasteiger charge is -2.15. The van der Waals surface area contributed by atoms with E-state index in [1.807, 2.05) is 5.32 Å². The standard InChI is InChI=1S/C14H14N4O5/c1-18(14-15-5-3-6-16-14)8-12(20)23-9-11(19)17-13(21)10-4-2-7-22-10/h2-7H,8-9H2,1H3,(H,17,19,21). The lowest BCUT2D eigenvalue weighted by atomic mass is 10.4. The van der Waals surface area contributed by atoms with E-state index < -0.39 is 24.4 Å². The summed E-state index contributed by atoms with van der Waals surface area (Å²) in [5, 5.41) is 2.04. The molecule has 2 amide bonds. The highest BCUT2D eigenvalue weighted by molar-refractivity contribution is 6.03. The van der Waals surface area contributed by atoms with Crippen molar-refractivity contribution in [3.63, 3.8) is 0 Å². The number of nitrogens with one attached hydrogen (secondary N) is 1. The Balaban J connectivity index is 1.73. The van der Waals surface area contributed by atoms with E-state index in [1.54, 1.807) is 13.1 Å². The number of imide groups is 1.